The third kappa shape index (κ3) is 6.22. The molecule has 5 aromatic rings. The Bertz CT molecular complexity index is 1620. The van der Waals surface area contributed by atoms with Gasteiger partial charge in [-0.2, -0.15) is 5.10 Å². The number of hydrogen-bond donors (Lipinski definition) is 1. The molecule has 6 rings (SSSR count). The molecule has 0 saturated carbocycles. The number of rotatable bonds is 8. The van der Waals surface area contributed by atoms with Gasteiger partial charge in [0.25, 0.3) is 0 Å². The summed E-state index contributed by atoms with van der Waals surface area (Å²) in [6.45, 7) is 5.81. The molecule has 1 N–H and O–H groups in total. The summed E-state index contributed by atoms with van der Waals surface area (Å²) in [5.74, 6) is 0.504. The number of amides is 1. The number of pyridine rings is 1. The normalized spacial score (nSPS) is 13.2. The van der Waals surface area contributed by atoms with E-state index in [0.29, 0.717) is 19.0 Å². The second-order valence-electron chi connectivity index (χ2n) is 9.94. The molecule has 1 fully saturated rings. The van der Waals surface area contributed by atoms with Crippen molar-refractivity contribution in [2.75, 3.05) is 36.4 Å². The Morgan fingerprint density at radius 1 is 0.929 bits per heavy atom. The lowest BCUT2D eigenvalue weighted by atomic mass is 10.1. The average molecular weight is 561 g/mol. The minimum Gasteiger partial charge on any atom is -0.445 e. The predicted molar refractivity (Wildman–Crippen MR) is 162 cm³/mol. The van der Waals surface area contributed by atoms with Crippen LogP contribution >= 0.6 is 0 Å². The van der Waals surface area contributed by atoms with Crippen LogP contribution in [0.25, 0.3) is 22.5 Å². The molecule has 4 heterocycles. The van der Waals surface area contributed by atoms with Crippen LogP contribution in [-0.2, 0) is 17.9 Å². The van der Waals surface area contributed by atoms with E-state index >= 15 is 0 Å². The molecule has 0 radical (unpaired) electrons. The Kier molecular flexibility index (Phi) is 8.02. The number of benzene rings is 2. The van der Waals surface area contributed by atoms with E-state index in [1.807, 2.05) is 77.7 Å². The minimum atomic E-state index is -0.269. The second kappa shape index (κ2) is 12.5. The molecule has 0 spiro atoms. The zero-order chi connectivity index (χ0) is 28.7. The standard InChI is InChI=1S/C32H32N8O2/c1-2-40-22-28(30(37-40)25-9-6-15-33-21-25)29-14-16-34-31(36-29)35-26-10-12-27(13-11-26)38-17-19-39(20-18-38)32(41)42-23-24-7-4-3-5-8-24/h3-16,21-22H,2,17-20,23H2,1H3,(H,34,35,36). The molecule has 0 aliphatic carbocycles. The van der Waals surface area contributed by atoms with Gasteiger partial charge >= 0.3 is 6.09 Å². The fourth-order valence-electron chi connectivity index (χ4n) is 4.90. The van der Waals surface area contributed by atoms with E-state index < -0.39 is 0 Å². The number of nitrogens with zero attached hydrogens (tertiary/aromatic N) is 7. The molecule has 0 atom stereocenters. The number of nitrogens with one attached hydrogen (secondary N) is 1. The lowest BCUT2D eigenvalue weighted by Gasteiger charge is -2.35. The molecule has 2 aromatic carbocycles. The molecule has 1 saturated heterocycles. The van der Waals surface area contributed by atoms with Crippen molar-refractivity contribution in [1.82, 2.24) is 29.6 Å². The number of hydrogen-bond acceptors (Lipinski definition) is 8. The first kappa shape index (κ1) is 26.9. The summed E-state index contributed by atoms with van der Waals surface area (Å²) in [4.78, 5) is 30.0. The van der Waals surface area contributed by atoms with Crippen LogP contribution in [0.5, 0.6) is 0 Å². The first-order valence-electron chi connectivity index (χ1n) is 14.0. The van der Waals surface area contributed by atoms with Gasteiger partial charge < -0.3 is 19.9 Å². The Hall–Kier alpha value is -5.25. The van der Waals surface area contributed by atoms with Crippen LogP contribution in [0.3, 0.4) is 0 Å². The summed E-state index contributed by atoms with van der Waals surface area (Å²) in [6.07, 6.45) is 7.05. The highest BCUT2D eigenvalue weighted by molar-refractivity contribution is 5.78. The van der Waals surface area contributed by atoms with Gasteiger partial charge in [0.05, 0.1) is 5.69 Å². The van der Waals surface area contributed by atoms with Crippen LogP contribution in [0.1, 0.15) is 12.5 Å². The molecular weight excluding hydrogens is 528 g/mol. The number of aromatic nitrogens is 5. The Morgan fingerprint density at radius 3 is 2.48 bits per heavy atom. The van der Waals surface area contributed by atoms with E-state index in [9.17, 15) is 4.79 Å². The lowest BCUT2D eigenvalue weighted by Crippen LogP contribution is -2.48. The van der Waals surface area contributed by atoms with Gasteiger partial charge in [-0.05, 0) is 55.0 Å². The SMILES string of the molecule is CCn1cc(-c2ccnc(Nc3ccc(N4CCN(C(=O)OCc5ccccc5)CC4)cc3)n2)c(-c2cccnc2)n1. The zero-order valence-electron chi connectivity index (χ0n) is 23.4. The van der Waals surface area contributed by atoms with E-state index in [2.05, 4.69) is 39.2 Å². The molecule has 42 heavy (non-hydrogen) atoms. The first-order chi connectivity index (χ1) is 20.7. The average Bonchev–Trinajstić information content (AvgIpc) is 3.50. The number of anilines is 3. The van der Waals surface area contributed by atoms with Crippen molar-refractivity contribution in [3.8, 4) is 22.5 Å². The molecule has 10 heteroatoms. The summed E-state index contributed by atoms with van der Waals surface area (Å²) in [5, 5.41) is 8.07. The van der Waals surface area contributed by atoms with Crippen molar-refractivity contribution < 1.29 is 9.53 Å². The molecule has 0 unspecified atom stereocenters. The highest BCUT2D eigenvalue weighted by Gasteiger charge is 2.22. The van der Waals surface area contributed by atoms with Crippen LogP contribution in [-0.4, -0.2) is 61.9 Å². The number of aryl methyl sites for hydroxylation is 1. The summed E-state index contributed by atoms with van der Waals surface area (Å²) >= 11 is 0. The number of piperazine rings is 1. The molecule has 1 amide bonds. The summed E-state index contributed by atoms with van der Waals surface area (Å²) in [6, 6.07) is 23.7. The van der Waals surface area contributed by atoms with Crippen molar-refractivity contribution in [2.24, 2.45) is 0 Å². The molecular formula is C32H32N8O2. The number of ether oxygens (including phenoxy) is 1. The summed E-state index contributed by atoms with van der Waals surface area (Å²) in [7, 11) is 0. The highest BCUT2D eigenvalue weighted by Crippen LogP contribution is 2.30. The van der Waals surface area contributed by atoms with Gasteiger partial charge in [-0.3, -0.25) is 9.67 Å². The van der Waals surface area contributed by atoms with Gasteiger partial charge in [0, 0.05) is 80.0 Å². The van der Waals surface area contributed by atoms with E-state index in [0.717, 1.165) is 59.1 Å². The van der Waals surface area contributed by atoms with Crippen LogP contribution in [0.2, 0.25) is 0 Å². The molecule has 10 nitrogen and oxygen atoms in total. The predicted octanol–water partition coefficient (Wildman–Crippen LogP) is 5.62. The Morgan fingerprint density at radius 2 is 1.74 bits per heavy atom. The largest absolute Gasteiger partial charge is 0.445 e. The maximum atomic E-state index is 12.5. The Balaban J connectivity index is 1.07. The van der Waals surface area contributed by atoms with Gasteiger partial charge in [-0.15, -0.1) is 0 Å². The van der Waals surface area contributed by atoms with Crippen molar-refractivity contribution in [2.45, 2.75) is 20.1 Å². The molecule has 212 valence electrons. The van der Waals surface area contributed by atoms with Gasteiger partial charge in [-0.1, -0.05) is 30.3 Å². The minimum absolute atomic E-state index is 0.269. The van der Waals surface area contributed by atoms with Crippen LogP contribution in [0, 0.1) is 0 Å². The smallest absolute Gasteiger partial charge is 0.410 e. The van der Waals surface area contributed by atoms with Gasteiger partial charge in [0.2, 0.25) is 5.95 Å². The topological polar surface area (TPSA) is 101 Å². The van der Waals surface area contributed by atoms with Gasteiger partial charge in [0.15, 0.2) is 0 Å². The summed E-state index contributed by atoms with van der Waals surface area (Å²) in [5.41, 5.74) is 6.45. The first-order valence-corrected chi connectivity index (χ1v) is 14.0. The van der Waals surface area contributed by atoms with Crippen molar-refractivity contribution in [3.05, 3.63) is 103 Å². The third-order valence-electron chi connectivity index (χ3n) is 7.18. The van der Waals surface area contributed by atoms with E-state index in [1.165, 1.54) is 0 Å². The van der Waals surface area contributed by atoms with E-state index in [1.54, 1.807) is 17.3 Å². The number of carbonyl (C=O) groups is 1. The highest BCUT2D eigenvalue weighted by atomic mass is 16.6. The molecule has 0 bridgehead atoms. The molecule has 1 aliphatic rings. The van der Waals surface area contributed by atoms with Crippen LogP contribution in [0.15, 0.2) is 97.6 Å². The Labute approximate surface area is 244 Å². The fourth-order valence-corrected chi connectivity index (χ4v) is 4.90. The zero-order valence-corrected chi connectivity index (χ0v) is 23.4. The third-order valence-corrected chi connectivity index (χ3v) is 7.18. The fraction of sp³-hybridized carbons (Fsp3) is 0.219. The molecule has 1 aliphatic heterocycles. The van der Waals surface area contributed by atoms with Gasteiger partial charge in [-0.25, -0.2) is 14.8 Å². The second-order valence-corrected chi connectivity index (χ2v) is 9.94. The van der Waals surface area contributed by atoms with Gasteiger partial charge in [0.1, 0.15) is 12.3 Å². The van der Waals surface area contributed by atoms with E-state index in [-0.39, 0.29) is 12.7 Å². The monoisotopic (exact) mass is 560 g/mol. The van der Waals surface area contributed by atoms with Crippen molar-refractivity contribution >= 4 is 23.4 Å². The van der Waals surface area contributed by atoms with Crippen molar-refractivity contribution in [1.29, 1.82) is 0 Å². The maximum Gasteiger partial charge on any atom is 0.410 e. The van der Waals surface area contributed by atoms with Crippen LogP contribution < -0.4 is 10.2 Å². The quantitative estimate of drug-likeness (QED) is 0.261. The van der Waals surface area contributed by atoms with Crippen LogP contribution in [0.4, 0.5) is 22.1 Å². The maximum absolute atomic E-state index is 12.5. The van der Waals surface area contributed by atoms with E-state index in [4.69, 9.17) is 14.8 Å². The lowest BCUT2D eigenvalue weighted by molar-refractivity contribution is 0.0942. The molecule has 3 aromatic heterocycles. The summed E-state index contributed by atoms with van der Waals surface area (Å²) < 4.78 is 7.40. The van der Waals surface area contributed by atoms with Crippen molar-refractivity contribution in [3.63, 3.8) is 0 Å². The number of carbonyl (C=O) groups excluding carboxylic acids is 1.